The highest BCUT2D eigenvalue weighted by atomic mass is 32.2. The van der Waals surface area contributed by atoms with Gasteiger partial charge in [-0.15, -0.1) is 11.3 Å². The number of rotatable bonds is 4. The van der Waals surface area contributed by atoms with Crippen LogP contribution in [0.5, 0.6) is 0 Å². The van der Waals surface area contributed by atoms with Crippen LogP contribution in [0.15, 0.2) is 11.0 Å². The second kappa shape index (κ2) is 6.66. The first-order valence-electron chi connectivity index (χ1n) is 7.16. The van der Waals surface area contributed by atoms with Gasteiger partial charge in [-0.1, -0.05) is 0 Å². The second-order valence-corrected chi connectivity index (χ2v) is 8.78. The number of hydrogen-bond donors (Lipinski definition) is 0. The molecule has 1 fully saturated rings. The molecule has 0 radical (unpaired) electrons. The van der Waals surface area contributed by atoms with E-state index in [4.69, 9.17) is 4.74 Å². The largest absolute Gasteiger partial charge is 0.468 e. The van der Waals surface area contributed by atoms with Gasteiger partial charge in [0.2, 0.25) is 10.0 Å². The minimum absolute atomic E-state index is 0.291. The zero-order valence-electron chi connectivity index (χ0n) is 13.3. The van der Waals surface area contributed by atoms with Crippen LogP contribution in [0, 0.1) is 13.8 Å². The van der Waals surface area contributed by atoms with Crippen molar-refractivity contribution in [3.05, 3.63) is 15.8 Å². The number of esters is 1. The molecule has 1 saturated heterocycles. The highest BCUT2D eigenvalue weighted by molar-refractivity contribution is 7.89. The van der Waals surface area contributed by atoms with Gasteiger partial charge in [0.05, 0.1) is 12.0 Å². The fourth-order valence-electron chi connectivity index (χ4n) is 2.65. The number of nitrogens with zero attached hydrogens (tertiary/aromatic N) is 2. The van der Waals surface area contributed by atoms with Crippen LogP contribution in [0.4, 0.5) is 0 Å². The van der Waals surface area contributed by atoms with E-state index in [2.05, 4.69) is 0 Å². The summed E-state index contributed by atoms with van der Waals surface area (Å²) < 4.78 is 31.7. The lowest BCUT2D eigenvalue weighted by molar-refractivity contribution is -0.146. The number of carbonyl (C=O) groups is 1. The summed E-state index contributed by atoms with van der Waals surface area (Å²) in [7, 11) is -2.08. The fraction of sp³-hybridized carbons (Fsp3) is 0.643. The van der Waals surface area contributed by atoms with Gasteiger partial charge in [-0.3, -0.25) is 9.69 Å². The summed E-state index contributed by atoms with van der Waals surface area (Å²) in [4.78, 5) is 15.7. The summed E-state index contributed by atoms with van der Waals surface area (Å²) in [5, 5.41) is 0. The maximum Gasteiger partial charge on any atom is 0.322 e. The lowest BCUT2D eigenvalue weighted by Gasteiger charge is -2.36. The molecule has 0 saturated carbocycles. The number of thiophene rings is 1. The summed E-state index contributed by atoms with van der Waals surface area (Å²) in [5.41, 5.74) is 0. The first-order chi connectivity index (χ1) is 10.3. The van der Waals surface area contributed by atoms with Gasteiger partial charge in [0.15, 0.2) is 0 Å². The van der Waals surface area contributed by atoms with Crippen LogP contribution in [-0.4, -0.2) is 62.9 Å². The van der Waals surface area contributed by atoms with Gasteiger partial charge in [-0.25, -0.2) is 8.42 Å². The Morgan fingerprint density at radius 2 is 1.86 bits per heavy atom. The van der Waals surface area contributed by atoms with Gasteiger partial charge in [0.25, 0.3) is 0 Å². The topological polar surface area (TPSA) is 66.9 Å². The van der Waals surface area contributed by atoms with Gasteiger partial charge in [-0.2, -0.15) is 4.31 Å². The SMILES string of the molecule is COC(=O)C(C)N1CCN(S(=O)(=O)c2cc(C)sc2C)CC1. The fourth-order valence-corrected chi connectivity index (χ4v) is 5.60. The third-order valence-corrected chi connectivity index (χ3v) is 7.10. The van der Waals surface area contributed by atoms with Crippen molar-refractivity contribution in [2.45, 2.75) is 31.7 Å². The monoisotopic (exact) mass is 346 g/mol. The highest BCUT2D eigenvalue weighted by Crippen LogP contribution is 2.28. The van der Waals surface area contributed by atoms with Crippen molar-refractivity contribution >= 4 is 27.3 Å². The molecule has 1 aliphatic rings. The predicted octanol–water partition coefficient (Wildman–Crippen LogP) is 1.23. The molecule has 2 heterocycles. The first-order valence-corrected chi connectivity index (χ1v) is 9.42. The molecule has 1 aromatic heterocycles. The molecule has 124 valence electrons. The molecule has 0 aliphatic carbocycles. The van der Waals surface area contributed by atoms with Gasteiger partial charge in [0, 0.05) is 35.9 Å². The smallest absolute Gasteiger partial charge is 0.322 e. The molecule has 1 unspecified atom stereocenters. The number of sulfonamides is 1. The van der Waals surface area contributed by atoms with Gasteiger partial charge < -0.3 is 4.74 Å². The second-order valence-electron chi connectivity index (χ2n) is 5.42. The van der Waals surface area contributed by atoms with E-state index in [0.717, 1.165) is 9.75 Å². The molecule has 6 nitrogen and oxygen atoms in total. The van der Waals surface area contributed by atoms with Gasteiger partial charge in [-0.05, 0) is 26.8 Å². The first kappa shape index (κ1) is 17.4. The Morgan fingerprint density at radius 3 is 2.32 bits per heavy atom. The number of methoxy groups -OCH3 is 1. The van der Waals surface area contributed by atoms with Gasteiger partial charge in [0.1, 0.15) is 6.04 Å². The molecular formula is C14H22N2O4S2. The number of aryl methyl sites for hydroxylation is 2. The summed E-state index contributed by atoms with van der Waals surface area (Å²) in [5.74, 6) is -0.291. The Morgan fingerprint density at radius 1 is 1.27 bits per heavy atom. The maximum absolute atomic E-state index is 12.7. The Labute approximate surface area is 135 Å². The number of carbonyl (C=O) groups excluding carboxylic acids is 1. The summed E-state index contributed by atoms with van der Waals surface area (Å²) >= 11 is 1.49. The average molecular weight is 346 g/mol. The Hall–Kier alpha value is -0.960. The number of hydrogen-bond acceptors (Lipinski definition) is 6. The molecule has 1 aliphatic heterocycles. The minimum atomic E-state index is -3.45. The Kier molecular flexibility index (Phi) is 5.26. The molecule has 22 heavy (non-hydrogen) atoms. The van der Waals surface area contributed by atoms with Gasteiger partial charge >= 0.3 is 5.97 Å². The van der Waals surface area contributed by atoms with Crippen LogP contribution in [0.2, 0.25) is 0 Å². The number of ether oxygens (including phenoxy) is 1. The van der Waals surface area contributed by atoms with E-state index < -0.39 is 10.0 Å². The van der Waals surface area contributed by atoms with Crippen LogP contribution in [0.1, 0.15) is 16.7 Å². The molecule has 1 atom stereocenters. The molecule has 2 rings (SSSR count). The van der Waals surface area contributed by atoms with Crippen molar-refractivity contribution in [1.82, 2.24) is 9.21 Å². The molecule has 0 bridgehead atoms. The quantitative estimate of drug-likeness (QED) is 0.767. The Balaban J connectivity index is 2.08. The highest BCUT2D eigenvalue weighted by Gasteiger charge is 2.33. The van der Waals surface area contributed by atoms with E-state index in [1.54, 1.807) is 13.0 Å². The summed E-state index contributed by atoms with van der Waals surface area (Å²) in [6.07, 6.45) is 0. The van der Waals surface area contributed by atoms with Crippen molar-refractivity contribution in [1.29, 1.82) is 0 Å². The van der Waals surface area contributed by atoms with E-state index in [1.807, 2.05) is 18.7 Å². The average Bonchev–Trinajstić information content (AvgIpc) is 2.85. The van der Waals surface area contributed by atoms with Crippen LogP contribution >= 0.6 is 11.3 Å². The van der Waals surface area contributed by atoms with Crippen molar-refractivity contribution in [3.63, 3.8) is 0 Å². The summed E-state index contributed by atoms with van der Waals surface area (Å²) in [6, 6.07) is 1.39. The van der Waals surface area contributed by atoms with E-state index in [1.165, 1.54) is 22.8 Å². The molecule has 0 aromatic carbocycles. The third-order valence-electron chi connectivity index (χ3n) is 3.98. The van der Waals surface area contributed by atoms with Crippen LogP contribution in [-0.2, 0) is 19.6 Å². The standard InChI is InChI=1S/C14H22N2O4S2/c1-10-9-13(12(3)21-10)22(18,19)16-7-5-15(6-8-16)11(2)14(17)20-4/h9,11H,5-8H2,1-4H3. The third kappa shape index (κ3) is 3.34. The van der Waals surface area contributed by atoms with Crippen LogP contribution < -0.4 is 0 Å². The van der Waals surface area contributed by atoms with E-state index in [-0.39, 0.29) is 12.0 Å². The van der Waals surface area contributed by atoms with Crippen molar-refractivity contribution < 1.29 is 17.9 Å². The molecule has 1 aromatic rings. The minimum Gasteiger partial charge on any atom is -0.468 e. The molecule has 0 N–H and O–H groups in total. The molecule has 0 spiro atoms. The molecule has 8 heteroatoms. The van der Waals surface area contributed by atoms with Crippen molar-refractivity contribution in [2.75, 3.05) is 33.3 Å². The van der Waals surface area contributed by atoms with Crippen LogP contribution in [0.3, 0.4) is 0 Å². The van der Waals surface area contributed by atoms with E-state index in [0.29, 0.717) is 31.1 Å². The van der Waals surface area contributed by atoms with Crippen LogP contribution in [0.25, 0.3) is 0 Å². The van der Waals surface area contributed by atoms with Crippen molar-refractivity contribution in [3.8, 4) is 0 Å². The summed E-state index contributed by atoms with van der Waals surface area (Å²) in [6.45, 7) is 7.35. The molecule has 0 amide bonds. The predicted molar refractivity (Wildman–Crippen MR) is 85.6 cm³/mol. The number of piperazine rings is 1. The molecular weight excluding hydrogens is 324 g/mol. The Bertz CT molecular complexity index is 646. The zero-order chi connectivity index (χ0) is 16.5. The van der Waals surface area contributed by atoms with E-state index in [9.17, 15) is 13.2 Å². The normalized spacial score (nSPS) is 19.1. The maximum atomic E-state index is 12.7. The lowest BCUT2D eigenvalue weighted by atomic mass is 10.2. The lowest BCUT2D eigenvalue weighted by Crippen LogP contribution is -2.53. The van der Waals surface area contributed by atoms with Crippen molar-refractivity contribution in [2.24, 2.45) is 0 Å². The zero-order valence-corrected chi connectivity index (χ0v) is 15.0. The van der Waals surface area contributed by atoms with E-state index >= 15 is 0 Å².